The Morgan fingerprint density at radius 3 is 2.33 bits per heavy atom. The molecule has 1 aliphatic rings. The number of ether oxygens (including phenoxy) is 1. The molecule has 1 aliphatic heterocycles. The van der Waals surface area contributed by atoms with Crippen molar-refractivity contribution >= 4 is 37.5 Å². The summed E-state index contributed by atoms with van der Waals surface area (Å²) in [5.41, 5.74) is 1.25. The van der Waals surface area contributed by atoms with E-state index in [4.69, 9.17) is 4.74 Å². The number of aryl methyl sites for hydroxylation is 1. The van der Waals surface area contributed by atoms with Gasteiger partial charge >= 0.3 is 4.87 Å². The summed E-state index contributed by atoms with van der Waals surface area (Å²) >= 11 is 1.02. The van der Waals surface area contributed by atoms with Crippen LogP contribution >= 0.6 is 11.3 Å². The Morgan fingerprint density at radius 1 is 1.03 bits per heavy atom. The van der Waals surface area contributed by atoms with Gasteiger partial charge in [0.1, 0.15) is 5.75 Å². The summed E-state index contributed by atoms with van der Waals surface area (Å²) in [4.78, 5) is 26.2. The minimum Gasteiger partial charge on any atom is -0.497 e. The zero-order valence-electron chi connectivity index (χ0n) is 16.6. The van der Waals surface area contributed by atoms with E-state index in [2.05, 4.69) is 0 Å². The molecule has 8 nitrogen and oxygen atoms in total. The molecular formula is C20H21N3O5S2. The minimum atomic E-state index is -3.71. The third kappa shape index (κ3) is 3.62. The number of rotatable bonds is 4. The van der Waals surface area contributed by atoms with E-state index in [9.17, 15) is 18.0 Å². The minimum absolute atomic E-state index is 0.134. The molecule has 2 heterocycles. The van der Waals surface area contributed by atoms with E-state index in [0.29, 0.717) is 34.6 Å². The molecule has 30 heavy (non-hydrogen) atoms. The Kier molecular flexibility index (Phi) is 5.39. The first-order valence-electron chi connectivity index (χ1n) is 9.34. The lowest BCUT2D eigenvalue weighted by Gasteiger charge is -2.34. The quantitative estimate of drug-likeness (QED) is 0.608. The van der Waals surface area contributed by atoms with Gasteiger partial charge in [-0.25, -0.2) is 8.42 Å². The fourth-order valence-corrected chi connectivity index (χ4v) is 5.91. The van der Waals surface area contributed by atoms with Crippen molar-refractivity contribution in [1.29, 1.82) is 0 Å². The van der Waals surface area contributed by atoms with Crippen molar-refractivity contribution in [2.24, 2.45) is 7.05 Å². The maximum Gasteiger partial charge on any atom is 0.307 e. The molecule has 4 rings (SSSR count). The standard InChI is InChI=1S/C20H21N3O5S2/c1-21-17-8-7-16(13-18(17)29-20(21)25)30(26,27)23-11-9-22(10-12-23)19(24)14-3-5-15(28-2)6-4-14/h3-8,13H,9-12H2,1-2H3. The van der Waals surface area contributed by atoms with Crippen LogP contribution in [0.4, 0.5) is 0 Å². The maximum atomic E-state index is 13.1. The highest BCUT2D eigenvalue weighted by Crippen LogP contribution is 2.24. The van der Waals surface area contributed by atoms with Gasteiger partial charge in [0.15, 0.2) is 0 Å². The summed E-state index contributed by atoms with van der Waals surface area (Å²) in [6.45, 7) is 1.05. The first kappa shape index (κ1) is 20.6. The van der Waals surface area contributed by atoms with E-state index >= 15 is 0 Å². The number of nitrogens with zero attached hydrogens (tertiary/aromatic N) is 3. The monoisotopic (exact) mass is 447 g/mol. The van der Waals surface area contributed by atoms with Crippen LogP contribution in [-0.2, 0) is 17.1 Å². The molecule has 0 atom stereocenters. The van der Waals surface area contributed by atoms with Crippen LogP contribution in [0, 0.1) is 0 Å². The van der Waals surface area contributed by atoms with Crippen LogP contribution in [0.1, 0.15) is 10.4 Å². The maximum absolute atomic E-state index is 13.1. The van der Waals surface area contributed by atoms with Gasteiger partial charge in [0.05, 0.1) is 22.2 Å². The number of carbonyl (C=O) groups excluding carboxylic acids is 1. The van der Waals surface area contributed by atoms with Gasteiger partial charge in [-0.15, -0.1) is 0 Å². The molecule has 0 bridgehead atoms. The van der Waals surface area contributed by atoms with Gasteiger partial charge in [0.2, 0.25) is 10.0 Å². The second-order valence-electron chi connectivity index (χ2n) is 6.98. The second-order valence-corrected chi connectivity index (χ2v) is 9.91. The normalized spacial score (nSPS) is 15.5. The van der Waals surface area contributed by atoms with Crippen molar-refractivity contribution in [2.75, 3.05) is 33.3 Å². The fraction of sp³-hybridized carbons (Fsp3) is 0.300. The number of thiazole rings is 1. The fourth-order valence-electron chi connectivity index (χ4n) is 3.47. The van der Waals surface area contributed by atoms with Crippen LogP contribution in [0.25, 0.3) is 10.2 Å². The predicted octanol–water partition coefficient (Wildman–Crippen LogP) is 1.76. The Balaban J connectivity index is 1.48. The lowest BCUT2D eigenvalue weighted by molar-refractivity contribution is 0.0698. The Hall–Kier alpha value is -2.69. The second kappa shape index (κ2) is 7.86. The molecule has 2 aromatic carbocycles. The van der Waals surface area contributed by atoms with Crippen LogP contribution in [0.2, 0.25) is 0 Å². The van der Waals surface area contributed by atoms with E-state index in [1.165, 1.54) is 14.9 Å². The van der Waals surface area contributed by atoms with E-state index in [-0.39, 0.29) is 28.8 Å². The van der Waals surface area contributed by atoms with Gasteiger partial charge in [-0.3, -0.25) is 9.59 Å². The number of sulfonamides is 1. The number of hydrogen-bond acceptors (Lipinski definition) is 6. The Bertz CT molecular complexity index is 1250. The van der Waals surface area contributed by atoms with Gasteiger partial charge in [-0.1, -0.05) is 11.3 Å². The van der Waals surface area contributed by atoms with Crippen LogP contribution in [0.15, 0.2) is 52.2 Å². The topological polar surface area (TPSA) is 88.9 Å². The van der Waals surface area contributed by atoms with Crippen LogP contribution in [0.3, 0.4) is 0 Å². The number of carbonyl (C=O) groups is 1. The molecule has 0 spiro atoms. The Labute approximate surface area is 178 Å². The number of piperazine rings is 1. The summed E-state index contributed by atoms with van der Waals surface area (Å²) in [5, 5.41) is 0. The lowest BCUT2D eigenvalue weighted by atomic mass is 10.2. The SMILES string of the molecule is COc1ccc(C(=O)N2CCN(S(=O)(=O)c3ccc4c(c3)sc(=O)n4C)CC2)cc1. The highest BCUT2D eigenvalue weighted by atomic mass is 32.2. The van der Waals surface area contributed by atoms with E-state index in [0.717, 1.165) is 11.3 Å². The van der Waals surface area contributed by atoms with Crippen LogP contribution in [0.5, 0.6) is 5.75 Å². The Morgan fingerprint density at radius 2 is 1.70 bits per heavy atom. The summed E-state index contributed by atoms with van der Waals surface area (Å²) in [5.74, 6) is 0.535. The summed E-state index contributed by atoms with van der Waals surface area (Å²) < 4.78 is 34.8. The summed E-state index contributed by atoms with van der Waals surface area (Å²) in [6.07, 6.45) is 0. The summed E-state index contributed by atoms with van der Waals surface area (Å²) in [7, 11) is -0.483. The molecule has 3 aromatic rings. The van der Waals surface area contributed by atoms with E-state index in [1.54, 1.807) is 55.5 Å². The third-order valence-electron chi connectivity index (χ3n) is 5.26. The average molecular weight is 448 g/mol. The van der Waals surface area contributed by atoms with Gasteiger partial charge in [-0.2, -0.15) is 4.31 Å². The zero-order valence-corrected chi connectivity index (χ0v) is 18.2. The molecule has 0 N–H and O–H groups in total. The van der Waals surface area contributed by atoms with Crippen molar-refractivity contribution in [1.82, 2.24) is 13.8 Å². The molecule has 1 amide bonds. The van der Waals surface area contributed by atoms with Crippen LogP contribution in [-0.4, -0.2) is 61.4 Å². The zero-order chi connectivity index (χ0) is 21.5. The lowest BCUT2D eigenvalue weighted by Crippen LogP contribution is -2.50. The largest absolute Gasteiger partial charge is 0.497 e. The van der Waals surface area contributed by atoms with Crippen LogP contribution < -0.4 is 9.61 Å². The number of fused-ring (bicyclic) bond motifs is 1. The number of aromatic nitrogens is 1. The highest BCUT2D eigenvalue weighted by Gasteiger charge is 2.30. The van der Waals surface area contributed by atoms with Crippen molar-refractivity contribution < 1.29 is 17.9 Å². The first-order chi connectivity index (χ1) is 14.3. The highest BCUT2D eigenvalue weighted by molar-refractivity contribution is 7.89. The average Bonchev–Trinajstić information content (AvgIpc) is 3.06. The predicted molar refractivity (Wildman–Crippen MR) is 115 cm³/mol. The molecule has 0 saturated carbocycles. The molecule has 0 radical (unpaired) electrons. The molecule has 1 aromatic heterocycles. The number of hydrogen-bond donors (Lipinski definition) is 0. The number of methoxy groups -OCH3 is 1. The molecule has 1 fully saturated rings. The van der Waals surface area contributed by atoms with Crippen molar-refractivity contribution in [3.8, 4) is 5.75 Å². The van der Waals surface area contributed by atoms with E-state index in [1.807, 2.05) is 0 Å². The van der Waals surface area contributed by atoms with E-state index < -0.39 is 10.0 Å². The first-order valence-corrected chi connectivity index (χ1v) is 11.6. The van der Waals surface area contributed by atoms with Crippen molar-refractivity contribution in [2.45, 2.75) is 4.90 Å². The summed E-state index contributed by atoms with van der Waals surface area (Å²) in [6, 6.07) is 11.6. The number of amides is 1. The molecule has 0 aliphatic carbocycles. The van der Waals surface area contributed by atoms with Gasteiger partial charge in [0.25, 0.3) is 5.91 Å². The molecule has 10 heteroatoms. The molecule has 158 valence electrons. The van der Waals surface area contributed by atoms with Gasteiger partial charge in [0, 0.05) is 38.8 Å². The smallest absolute Gasteiger partial charge is 0.307 e. The van der Waals surface area contributed by atoms with Gasteiger partial charge in [-0.05, 0) is 42.5 Å². The molecule has 1 saturated heterocycles. The molecular weight excluding hydrogens is 426 g/mol. The van der Waals surface area contributed by atoms with Crippen molar-refractivity contribution in [3.63, 3.8) is 0 Å². The number of benzene rings is 2. The van der Waals surface area contributed by atoms with Crippen molar-refractivity contribution in [3.05, 3.63) is 57.7 Å². The third-order valence-corrected chi connectivity index (χ3v) is 8.15. The molecule has 0 unspecified atom stereocenters. The van der Waals surface area contributed by atoms with Gasteiger partial charge < -0.3 is 14.2 Å².